The molecule has 0 aliphatic heterocycles. The molecule has 2 unspecified atom stereocenters. The van der Waals surface area contributed by atoms with E-state index in [1.54, 1.807) is 6.20 Å². The van der Waals surface area contributed by atoms with Crippen LogP contribution >= 0.6 is 9.39 Å². The largest absolute Gasteiger partial charge is 0.480 e. The molecule has 0 saturated carbocycles. The van der Waals surface area contributed by atoms with Crippen LogP contribution in [0.1, 0.15) is 31.5 Å². The Morgan fingerprint density at radius 3 is 2.72 bits per heavy atom. The molecule has 0 aliphatic carbocycles. The zero-order valence-corrected chi connectivity index (χ0v) is 11.8. The molecule has 1 rings (SSSR count). The molecule has 0 fully saturated rings. The van der Waals surface area contributed by atoms with Crippen molar-refractivity contribution >= 4 is 20.9 Å². The second-order valence-electron chi connectivity index (χ2n) is 3.97. The van der Waals surface area contributed by atoms with Crippen molar-refractivity contribution in [1.29, 1.82) is 0 Å². The second kappa shape index (κ2) is 7.24. The lowest BCUT2D eigenvalue weighted by Gasteiger charge is -2.11. The van der Waals surface area contributed by atoms with Crippen molar-refractivity contribution < 1.29 is 9.90 Å². The molecular weight excluding hydrogens is 247 g/mol. The SMILES string of the molecule is C/C=C(\CC)c1ccc(CC(NP)C(=O)O)nc1. The molecular formula is C13H19N2O2P. The number of pyridine rings is 1. The molecule has 2 atom stereocenters. The minimum atomic E-state index is -0.876. The van der Waals surface area contributed by atoms with Crippen LogP contribution < -0.4 is 5.09 Å². The summed E-state index contributed by atoms with van der Waals surface area (Å²) in [5.74, 6) is -0.876. The van der Waals surface area contributed by atoms with Crippen molar-refractivity contribution in [3.63, 3.8) is 0 Å². The van der Waals surface area contributed by atoms with E-state index in [1.807, 2.05) is 19.1 Å². The topological polar surface area (TPSA) is 62.2 Å². The van der Waals surface area contributed by atoms with Crippen molar-refractivity contribution in [3.8, 4) is 0 Å². The molecule has 5 heteroatoms. The van der Waals surface area contributed by atoms with E-state index in [2.05, 4.69) is 32.5 Å². The Kier molecular flexibility index (Phi) is 5.96. The normalized spacial score (nSPS) is 13.4. The first-order valence-corrected chi connectivity index (χ1v) is 6.49. The molecule has 2 N–H and O–H groups in total. The van der Waals surface area contributed by atoms with E-state index in [9.17, 15) is 4.79 Å². The van der Waals surface area contributed by atoms with Crippen molar-refractivity contribution in [2.45, 2.75) is 32.7 Å². The van der Waals surface area contributed by atoms with Crippen LogP contribution in [0.25, 0.3) is 5.57 Å². The number of carboxylic acid groups (broad SMARTS) is 1. The van der Waals surface area contributed by atoms with Crippen molar-refractivity contribution in [3.05, 3.63) is 35.7 Å². The molecule has 98 valence electrons. The van der Waals surface area contributed by atoms with E-state index in [0.717, 1.165) is 17.7 Å². The van der Waals surface area contributed by atoms with Gasteiger partial charge in [0.25, 0.3) is 0 Å². The minimum absolute atomic E-state index is 0.371. The predicted octanol–water partition coefficient (Wildman–Crippen LogP) is 2.27. The van der Waals surface area contributed by atoms with E-state index in [4.69, 9.17) is 5.11 Å². The van der Waals surface area contributed by atoms with Gasteiger partial charge >= 0.3 is 5.97 Å². The molecule has 0 radical (unpaired) electrons. The van der Waals surface area contributed by atoms with Gasteiger partial charge in [-0.15, -0.1) is 0 Å². The molecule has 4 nitrogen and oxygen atoms in total. The summed E-state index contributed by atoms with van der Waals surface area (Å²) < 4.78 is 0. The Morgan fingerprint density at radius 1 is 1.61 bits per heavy atom. The first kappa shape index (κ1) is 14.8. The summed E-state index contributed by atoms with van der Waals surface area (Å²) in [7, 11) is 2.23. The summed E-state index contributed by atoms with van der Waals surface area (Å²) in [5.41, 5.74) is 3.11. The first-order valence-electron chi connectivity index (χ1n) is 5.91. The van der Waals surface area contributed by atoms with E-state index >= 15 is 0 Å². The Balaban J connectivity index is 2.80. The van der Waals surface area contributed by atoms with Gasteiger partial charge in [0.05, 0.1) is 0 Å². The van der Waals surface area contributed by atoms with Crippen LogP contribution in [-0.2, 0) is 11.2 Å². The van der Waals surface area contributed by atoms with E-state index in [-0.39, 0.29) is 0 Å². The lowest BCUT2D eigenvalue weighted by atomic mass is 10.0. The number of carbonyl (C=O) groups is 1. The summed E-state index contributed by atoms with van der Waals surface area (Å²) in [6, 6.07) is 3.25. The number of allylic oxidation sites excluding steroid dienone is 2. The number of aromatic nitrogens is 1. The summed E-state index contributed by atoms with van der Waals surface area (Å²) in [6.07, 6.45) is 5.20. The van der Waals surface area contributed by atoms with Gasteiger partial charge < -0.3 is 5.11 Å². The fourth-order valence-electron chi connectivity index (χ4n) is 1.74. The lowest BCUT2D eigenvalue weighted by molar-refractivity contribution is -0.138. The van der Waals surface area contributed by atoms with Gasteiger partial charge in [0.1, 0.15) is 6.04 Å². The lowest BCUT2D eigenvalue weighted by Crippen LogP contribution is -2.32. The monoisotopic (exact) mass is 266 g/mol. The van der Waals surface area contributed by atoms with Gasteiger partial charge in [0, 0.05) is 18.3 Å². The van der Waals surface area contributed by atoms with Crippen LogP contribution in [0.3, 0.4) is 0 Å². The van der Waals surface area contributed by atoms with Gasteiger partial charge in [-0.25, -0.2) is 0 Å². The molecule has 1 aromatic rings. The zero-order chi connectivity index (χ0) is 13.5. The van der Waals surface area contributed by atoms with Crippen LogP contribution in [0, 0.1) is 0 Å². The van der Waals surface area contributed by atoms with Gasteiger partial charge in [0.2, 0.25) is 0 Å². The Bertz CT molecular complexity index is 429. The molecule has 0 aliphatic rings. The van der Waals surface area contributed by atoms with Crippen LogP contribution in [0.15, 0.2) is 24.4 Å². The molecule has 0 amide bonds. The third-order valence-corrected chi connectivity index (χ3v) is 3.24. The molecule has 0 spiro atoms. The molecule has 0 aromatic carbocycles. The maximum atomic E-state index is 10.9. The standard InChI is InChI=1S/C13H19N2O2P/c1-3-9(4-2)10-5-6-11(14-8-10)7-12(15-18)13(16)17/h3,5-6,8,12,15H,4,7,18H2,1-2H3,(H,16,17)/b9-3+. The fraction of sp³-hybridized carbons (Fsp3) is 0.385. The van der Waals surface area contributed by atoms with Crippen molar-refractivity contribution in [2.24, 2.45) is 0 Å². The highest BCUT2D eigenvalue weighted by molar-refractivity contribution is 7.13. The molecule has 0 bridgehead atoms. The number of nitrogens with one attached hydrogen (secondary N) is 1. The fourth-order valence-corrected chi connectivity index (χ4v) is 2.00. The van der Waals surface area contributed by atoms with Gasteiger partial charge in [0.15, 0.2) is 0 Å². The third kappa shape index (κ3) is 3.90. The molecule has 18 heavy (non-hydrogen) atoms. The second-order valence-corrected chi connectivity index (χ2v) is 4.30. The van der Waals surface area contributed by atoms with E-state index in [1.165, 1.54) is 5.57 Å². The Morgan fingerprint density at radius 2 is 2.33 bits per heavy atom. The van der Waals surface area contributed by atoms with Crippen LogP contribution in [0.5, 0.6) is 0 Å². The van der Waals surface area contributed by atoms with E-state index < -0.39 is 12.0 Å². The number of hydrogen-bond donors (Lipinski definition) is 2. The summed E-state index contributed by atoms with van der Waals surface area (Å²) in [6.45, 7) is 4.10. The summed E-state index contributed by atoms with van der Waals surface area (Å²) in [4.78, 5) is 15.2. The maximum Gasteiger partial charge on any atom is 0.321 e. The number of carboxylic acids is 1. The summed E-state index contributed by atoms with van der Waals surface area (Å²) >= 11 is 0. The quantitative estimate of drug-likeness (QED) is 0.775. The number of nitrogens with zero attached hydrogens (tertiary/aromatic N) is 1. The van der Waals surface area contributed by atoms with Crippen molar-refractivity contribution in [1.82, 2.24) is 10.1 Å². The third-order valence-electron chi connectivity index (χ3n) is 2.84. The average molecular weight is 266 g/mol. The van der Waals surface area contributed by atoms with Crippen LogP contribution in [0.4, 0.5) is 0 Å². The Labute approximate surface area is 110 Å². The van der Waals surface area contributed by atoms with Gasteiger partial charge in [-0.05, 0) is 30.5 Å². The van der Waals surface area contributed by atoms with Crippen LogP contribution in [-0.4, -0.2) is 22.1 Å². The predicted molar refractivity (Wildman–Crippen MR) is 76.2 cm³/mol. The highest BCUT2D eigenvalue weighted by Gasteiger charge is 2.16. The van der Waals surface area contributed by atoms with Gasteiger partial charge in [-0.1, -0.05) is 28.5 Å². The molecule has 1 aromatic heterocycles. The smallest absolute Gasteiger partial charge is 0.321 e. The Hall–Kier alpha value is -1.25. The van der Waals surface area contributed by atoms with Crippen LogP contribution in [0.2, 0.25) is 0 Å². The highest BCUT2D eigenvalue weighted by Crippen LogP contribution is 2.17. The maximum absolute atomic E-state index is 10.9. The summed E-state index contributed by atoms with van der Waals surface area (Å²) in [5, 5.41) is 11.6. The highest BCUT2D eigenvalue weighted by atomic mass is 31.0. The first-order chi connectivity index (χ1) is 8.62. The van der Waals surface area contributed by atoms with E-state index in [0.29, 0.717) is 6.42 Å². The molecule has 0 saturated heterocycles. The van der Waals surface area contributed by atoms with Gasteiger partial charge in [-0.3, -0.25) is 14.9 Å². The number of hydrogen-bond acceptors (Lipinski definition) is 3. The molecule has 1 heterocycles. The minimum Gasteiger partial charge on any atom is -0.480 e. The zero-order valence-electron chi connectivity index (χ0n) is 10.7. The van der Waals surface area contributed by atoms with Gasteiger partial charge in [-0.2, -0.15) is 0 Å². The number of aliphatic carboxylic acids is 1. The average Bonchev–Trinajstić information content (AvgIpc) is 2.38. The number of rotatable bonds is 6. The van der Waals surface area contributed by atoms with Crippen molar-refractivity contribution in [2.75, 3.05) is 0 Å².